The number of tetrazole rings is 1. The van der Waals surface area contributed by atoms with Crippen LogP contribution in [0.3, 0.4) is 0 Å². The number of rotatable bonds is 14. The molecule has 0 saturated heterocycles. The smallest absolute Gasteiger partial charge is 0.204 e. The molecule has 2 aromatic heterocycles. The minimum absolute atomic E-state index is 0.581. The molecule has 7 heteroatoms. The van der Waals surface area contributed by atoms with Gasteiger partial charge >= 0.3 is 0 Å². The lowest BCUT2D eigenvalue weighted by atomic mass is 10.0. The summed E-state index contributed by atoms with van der Waals surface area (Å²) in [5, 5.41) is 15.4. The minimum atomic E-state index is 0.581. The highest BCUT2D eigenvalue weighted by atomic mass is 16.5. The molecule has 34 heavy (non-hydrogen) atoms. The number of aromatic nitrogens is 5. The van der Waals surface area contributed by atoms with E-state index < -0.39 is 0 Å². The molecule has 0 radical (unpaired) electrons. The van der Waals surface area contributed by atoms with E-state index >= 15 is 0 Å². The highest BCUT2D eigenvalue weighted by Crippen LogP contribution is 2.31. The molecule has 0 spiro atoms. The molecule has 0 aliphatic carbocycles. The Hall–Kier alpha value is -3.35. The van der Waals surface area contributed by atoms with Gasteiger partial charge in [0.25, 0.3) is 0 Å². The van der Waals surface area contributed by atoms with Gasteiger partial charge in [-0.1, -0.05) is 33.1 Å². The Balaban J connectivity index is 1.25. The van der Waals surface area contributed by atoms with E-state index in [0.717, 1.165) is 49.3 Å². The summed E-state index contributed by atoms with van der Waals surface area (Å²) in [6.07, 6.45) is 10.0. The summed E-state index contributed by atoms with van der Waals surface area (Å²) in [5.74, 6) is 2.45. The third-order valence-corrected chi connectivity index (χ3v) is 6.05. The van der Waals surface area contributed by atoms with Gasteiger partial charge in [-0.15, -0.1) is 10.2 Å². The summed E-state index contributed by atoms with van der Waals surface area (Å²) in [5.41, 5.74) is 3.57. The maximum atomic E-state index is 6.23. The van der Waals surface area contributed by atoms with Crippen molar-refractivity contribution in [1.82, 2.24) is 25.2 Å². The lowest BCUT2D eigenvalue weighted by Crippen LogP contribution is -2.04. The van der Waals surface area contributed by atoms with E-state index in [2.05, 4.69) is 63.4 Å². The van der Waals surface area contributed by atoms with Crippen LogP contribution in [-0.2, 0) is 13.0 Å². The number of H-pyrrole nitrogens is 1. The Bertz CT molecular complexity index is 1140. The topological polar surface area (TPSA) is 77.9 Å². The molecular formula is C27H35N5O2. The van der Waals surface area contributed by atoms with Crippen molar-refractivity contribution in [2.45, 2.75) is 65.3 Å². The molecule has 0 unspecified atom stereocenters. The quantitative estimate of drug-likeness (QED) is 0.226. The van der Waals surface area contributed by atoms with E-state index in [0.29, 0.717) is 19.0 Å². The number of nitrogens with one attached hydrogen (secondary N) is 1. The molecule has 0 aliphatic heterocycles. The number of aromatic amines is 1. The van der Waals surface area contributed by atoms with Gasteiger partial charge in [0.05, 0.1) is 13.2 Å². The highest BCUT2D eigenvalue weighted by Gasteiger charge is 2.11. The van der Waals surface area contributed by atoms with Gasteiger partial charge in [-0.2, -0.15) is 5.21 Å². The maximum absolute atomic E-state index is 6.23. The number of fused-ring (bicyclic) bond motifs is 1. The van der Waals surface area contributed by atoms with Gasteiger partial charge in [-0.05, 0) is 73.4 Å². The van der Waals surface area contributed by atoms with Crippen LogP contribution in [0, 0.1) is 0 Å². The molecule has 0 amide bonds. The van der Waals surface area contributed by atoms with Crippen LogP contribution in [0.15, 0.2) is 48.7 Å². The van der Waals surface area contributed by atoms with Crippen LogP contribution >= 0.6 is 0 Å². The Morgan fingerprint density at radius 1 is 0.853 bits per heavy atom. The first-order valence-corrected chi connectivity index (χ1v) is 12.5. The van der Waals surface area contributed by atoms with E-state index in [-0.39, 0.29) is 0 Å². The van der Waals surface area contributed by atoms with Gasteiger partial charge in [0.2, 0.25) is 5.82 Å². The Morgan fingerprint density at radius 2 is 1.68 bits per heavy atom. The molecule has 0 aliphatic rings. The van der Waals surface area contributed by atoms with Crippen LogP contribution in [0.2, 0.25) is 0 Å². The third kappa shape index (κ3) is 5.95. The van der Waals surface area contributed by atoms with Gasteiger partial charge < -0.3 is 14.0 Å². The average molecular weight is 462 g/mol. The van der Waals surface area contributed by atoms with Crippen LogP contribution in [0.25, 0.3) is 22.3 Å². The molecule has 7 nitrogen and oxygen atoms in total. The van der Waals surface area contributed by atoms with E-state index in [1.165, 1.54) is 35.7 Å². The monoisotopic (exact) mass is 461 g/mol. The number of nitrogens with zero attached hydrogens (tertiary/aromatic N) is 4. The zero-order valence-corrected chi connectivity index (χ0v) is 20.3. The molecule has 0 fully saturated rings. The first kappa shape index (κ1) is 23.8. The van der Waals surface area contributed by atoms with Crippen molar-refractivity contribution >= 4 is 10.9 Å². The molecule has 0 atom stereocenters. The van der Waals surface area contributed by atoms with Gasteiger partial charge in [0.15, 0.2) is 0 Å². The van der Waals surface area contributed by atoms with Crippen molar-refractivity contribution in [3.8, 4) is 22.9 Å². The normalized spacial score (nSPS) is 11.2. The predicted octanol–water partition coefficient (Wildman–Crippen LogP) is 6.20. The first-order chi connectivity index (χ1) is 16.8. The second kappa shape index (κ2) is 12.2. The van der Waals surface area contributed by atoms with E-state index in [1.54, 1.807) is 0 Å². The van der Waals surface area contributed by atoms with Crippen LogP contribution < -0.4 is 9.47 Å². The van der Waals surface area contributed by atoms with E-state index in [9.17, 15) is 0 Å². The molecule has 1 N–H and O–H groups in total. The number of ether oxygens (including phenoxy) is 2. The fourth-order valence-electron chi connectivity index (χ4n) is 4.24. The molecule has 2 aromatic carbocycles. The van der Waals surface area contributed by atoms with Crippen LogP contribution in [0.4, 0.5) is 0 Å². The molecule has 4 aromatic rings. The van der Waals surface area contributed by atoms with E-state index in [4.69, 9.17) is 9.47 Å². The molecule has 0 saturated carbocycles. The van der Waals surface area contributed by atoms with Crippen molar-refractivity contribution in [1.29, 1.82) is 0 Å². The SMILES string of the molecule is CCCCCn1ccc2c(CCC)c(OCCCCOc3ccc(-c4nn[nH]n4)cc3)ccc21. The lowest BCUT2D eigenvalue weighted by molar-refractivity contribution is 0.265. The Morgan fingerprint density at radius 3 is 2.41 bits per heavy atom. The van der Waals surface area contributed by atoms with Crippen molar-refractivity contribution in [3.63, 3.8) is 0 Å². The van der Waals surface area contributed by atoms with Gasteiger partial charge in [-0.25, -0.2) is 0 Å². The Labute approximate surface area is 201 Å². The molecule has 0 bridgehead atoms. The summed E-state index contributed by atoms with van der Waals surface area (Å²) in [4.78, 5) is 0. The summed E-state index contributed by atoms with van der Waals surface area (Å²) in [6, 6.07) is 14.4. The Kier molecular flexibility index (Phi) is 8.54. The predicted molar refractivity (Wildman–Crippen MR) is 135 cm³/mol. The fraction of sp³-hybridized carbons (Fsp3) is 0.444. The van der Waals surface area contributed by atoms with Crippen molar-refractivity contribution in [3.05, 3.63) is 54.2 Å². The molecule has 180 valence electrons. The van der Waals surface area contributed by atoms with Gasteiger partial charge in [0.1, 0.15) is 11.5 Å². The van der Waals surface area contributed by atoms with Gasteiger partial charge in [-0.3, -0.25) is 0 Å². The maximum Gasteiger partial charge on any atom is 0.204 e. The summed E-state index contributed by atoms with van der Waals surface area (Å²) in [6.45, 7) is 6.92. The average Bonchev–Trinajstić information content (AvgIpc) is 3.54. The van der Waals surface area contributed by atoms with Gasteiger partial charge in [0, 0.05) is 34.8 Å². The number of hydrogen-bond acceptors (Lipinski definition) is 5. The van der Waals surface area contributed by atoms with Crippen molar-refractivity contribution in [2.75, 3.05) is 13.2 Å². The number of unbranched alkanes of at least 4 members (excludes halogenated alkanes) is 3. The van der Waals surface area contributed by atoms with Crippen molar-refractivity contribution < 1.29 is 9.47 Å². The zero-order chi connectivity index (χ0) is 23.6. The summed E-state index contributed by atoms with van der Waals surface area (Å²) < 4.78 is 14.5. The zero-order valence-electron chi connectivity index (χ0n) is 20.3. The molecule has 2 heterocycles. The second-order valence-electron chi connectivity index (χ2n) is 8.61. The van der Waals surface area contributed by atoms with Crippen LogP contribution in [0.5, 0.6) is 11.5 Å². The third-order valence-electron chi connectivity index (χ3n) is 6.05. The van der Waals surface area contributed by atoms with Crippen LogP contribution in [0.1, 0.15) is 57.9 Å². The minimum Gasteiger partial charge on any atom is -0.494 e. The fourth-order valence-corrected chi connectivity index (χ4v) is 4.24. The number of benzene rings is 2. The summed E-state index contributed by atoms with van der Waals surface area (Å²) in [7, 11) is 0. The van der Waals surface area contributed by atoms with Crippen LogP contribution in [-0.4, -0.2) is 38.4 Å². The molecular weight excluding hydrogens is 426 g/mol. The van der Waals surface area contributed by atoms with Crippen molar-refractivity contribution in [2.24, 2.45) is 0 Å². The first-order valence-electron chi connectivity index (χ1n) is 12.5. The second-order valence-corrected chi connectivity index (χ2v) is 8.61. The number of hydrogen-bond donors (Lipinski definition) is 1. The summed E-state index contributed by atoms with van der Waals surface area (Å²) >= 11 is 0. The molecule has 4 rings (SSSR count). The largest absolute Gasteiger partial charge is 0.494 e. The number of aryl methyl sites for hydroxylation is 2. The highest BCUT2D eigenvalue weighted by molar-refractivity contribution is 5.86. The lowest BCUT2D eigenvalue weighted by Gasteiger charge is -2.14. The standard InChI is InChI=1S/C27H35N5O2/c1-3-5-6-17-32-18-16-23-24(9-4-2)26(15-14-25(23)32)34-20-8-7-19-33-22-12-10-21(11-13-22)27-28-30-31-29-27/h10-16,18H,3-9,17,19-20H2,1-2H3,(H,28,29,30,31). The van der Waals surface area contributed by atoms with E-state index in [1.807, 2.05) is 24.3 Å².